The highest BCUT2D eigenvalue weighted by atomic mass is 32.1. The van der Waals surface area contributed by atoms with E-state index in [4.69, 9.17) is 0 Å². The fourth-order valence-electron chi connectivity index (χ4n) is 7.87. The summed E-state index contributed by atoms with van der Waals surface area (Å²) in [5, 5.41) is 3.92. The second-order valence-corrected chi connectivity index (χ2v) is 14.4. The number of hydrogen-bond donors (Lipinski definition) is 0. The molecule has 9 rings (SSSR count). The number of benzene rings is 6. The topological polar surface area (TPSA) is 4.93 Å². The van der Waals surface area contributed by atoms with Crippen molar-refractivity contribution >= 4 is 49.3 Å². The minimum absolute atomic E-state index is 0.114. The van der Waals surface area contributed by atoms with E-state index in [9.17, 15) is 0 Å². The minimum atomic E-state index is -0.114. The van der Waals surface area contributed by atoms with Crippen molar-refractivity contribution in [1.29, 1.82) is 0 Å². The summed E-state index contributed by atoms with van der Waals surface area (Å²) in [7, 11) is 0. The van der Waals surface area contributed by atoms with Gasteiger partial charge in [0, 0.05) is 37.0 Å². The van der Waals surface area contributed by atoms with E-state index in [1.54, 1.807) is 0 Å². The predicted octanol–water partition coefficient (Wildman–Crippen LogP) is 14.0. The van der Waals surface area contributed by atoms with Gasteiger partial charge < -0.3 is 4.57 Å². The molecule has 0 saturated carbocycles. The number of thiophene rings is 1. The molecule has 0 atom stereocenters. The van der Waals surface area contributed by atoms with Crippen LogP contribution in [0.1, 0.15) is 56.2 Å². The van der Waals surface area contributed by atoms with Crippen LogP contribution < -0.4 is 0 Å². The molecule has 2 heterocycles. The number of hydrogen-bond acceptors (Lipinski definition) is 1. The zero-order valence-corrected chi connectivity index (χ0v) is 30.0. The van der Waals surface area contributed by atoms with Crippen LogP contribution in [0.4, 0.5) is 0 Å². The third-order valence-corrected chi connectivity index (χ3v) is 11.6. The Hall–Kier alpha value is -5.18. The summed E-state index contributed by atoms with van der Waals surface area (Å²) in [6.07, 6.45) is 4.41. The van der Waals surface area contributed by atoms with Gasteiger partial charge in [0.2, 0.25) is 0 Å². The van der Waals surface area contributed by atoms with Crippen molar-refractivity contribution in [3.05, 3.63) is 155 Å². The molecule has 1 nitrogen and oxygen atoms in total. The Balaban J connectivity index is 0.00000171. The largest absolute Gasteiger partial charge is 0.309 e. The van der Waals surface area contributed by atoms with Crippen LogP contribution in [0.5, 0.6) is 0 Å². The van der Waals surface area contributed by atoms with E-state index in [1.165, 1.54) is 92.5 Å². The first-order valence-electron chi connectivity index (χ1n) is 17.5. The molecule has 0 amide bonds. The average Bonchev–Trinajstić information content (AvgIpc) is 3.73. The van der Waals surface area contributed by atoms with Crippen LogP contribution >= 0.6 is 11.3 Å². The highest BCUT2D eigenvalue weighted by Crippen LogP contribution is 2.54. The molecule has 0 N–H and O–H groups in total. The maximum Gasteiger partial charge on any atom is 0.0547 e. The van der Waals surface area contributed by atoms with Gasteiger partial charge in [0.25, 0.3) is 0 Å². The van der Waals surface area contributed by atoms with Crippen molar-refractivity contribution in [2.45, 2.75) is 47.0 Å². The van der Waals surface area contributed by atoms with Gasteiger partial charge in [0.1, 0.15) is 0 Å². The lowest BCUT2D eigenvalue weighted by molar-refractivity contribution is 0.660. The second kappa shape index (κ2) is 12.1. The summed E-state index contributed by atoms with van der Waals surface area (Å²) >= 11 is 1.93. The van der Waals surface area contributed by atoms with Crippen LogP contribution in [0.15, 0.2) is 133 Å². The molecule has 8 aromatic rings. The Bertz CT molecular complexity index is 2440. The Kier molecular flexibility index (Phi) is 7.65. The van der Waals surface area contributed by atoms with Gasteiger partial charge in [-0.1, -0.05) is 137 Å². The van der Waals surface area contributed by atoms with Crippen LogP contribution in [-0.2, 0) is 5.41 Å². The van der Waals surface area contributed by atoms with Crippen molar-refractivity contribution < 1.29 is 0 Å². The predicted molar refractivity (Wildman–Crippen MR) is 215 cm³/mol. The van der Waals surface area contributed by atoms with Crippen molar-refractivity contribution in [2.75, 3.05) is 0 Å². The second-order valence-electron chi connectivity index (χ2n) is 13.3. The van der Waals surface area contributed by atoms with Gasteiger partial charge in [0.05, 0.1) is 11.0 Å². The van der Waals surface area contributed by atoms with Gasteiger partial charge in [-0.05, 0) is 94.1 Å². The molecule has 6 aromatic carbocycles. The lowest BCUT2D eigenvalue weighted by atomic mass is 9.82. The molecule has 1 aliphatic carbocycles. The molecule has 49 heavy (non-hydrogen) atoms. The van der Waals surface area contributed by atoms with Gasteiger partial charge >= 0.3 is 0 Å². The molecular weight excluding hydrogens is 611 g/mol. The molecule has 2 aromatic heterocycles. The molecule has 0 unspecified atom stereocenters. The Morgan fingerprint density at radius 1 is 0.592 bits per heavy atom. The number of rotatable bonds is 4. The third-order valence-electron chi connectivity index (χ3n) is 10.3. The van der Waals surface area contributed by atoms with Gasteiger partial charge in [-0.25, -0.2) is 0 Å². The summed E-state index contributed by atoms with van der Waals surface area (Å²) in [6, 6.07) is 47.3. The van der Waals surface area contributed by atoms with E-state index >= 15 is 0 Å². The molecule has 0 aliphatic heterocycles. The van der Waals surface area contributed by atoms with Crippen LogP contribution in [0.25, 0.3) is 77.0 Å². The summed E-state index contributed by atoms with van der Waals surface area (Å²) in [4.78, 5) is 1.35. The zero-order chi connectivity index (χ0) is 33.9. The summed E-state index contributed by atoms with van der Waals surface area (Å²) in [5.74, 6) is 0. The van der Waals surface area contributed by atoms with E-state index in [0.717, 1.165) is 0 Å². The zero-order valence-electron chi connectivity index (χ0n) is 29.1. The SMILES string of the molecule is C/C=C\c1sc2c3c(ccc2c1C)C(C)(C)c1cc(-n2c4cc(-c5ccccc5)ccc4c4ccc(-c5ccccc5)cc42)ccc1-3.CC. The van der Waals surface area contributed by atoms with Crippen molar-refractivity contribution in [3.8, 4) is 39.1 Å². The van der Waals surface area contributed by atoms with E-state index in [2.05, 4.69) is 172 Å². The molecule has 0 spiro atoms. The van der Waals surface area contributed by atoms with Crippen molar-refractivity contribution in [1.82, 2.24) is 4.57 Å². The maximum atomic E-state index is 2.50. The Labute approximate surface area is 293 Å². The first kappa shape index (κ1) is 31.1. The van der Waals surface area contributed by atoms with Crippen LogP contribution in [0.3, 0.4) is 0 Å². The van der Waals surface area contributed by atoms with E-state index in [-0.39, 0.29) is 5.41 Å². The van der Waals surface area contributed by atoms with Crippen molar-refractivity contribution in [2.24, 2.45) is 0 Å². The third kappa shape index (κ3) is 4.81. The highest BCUT2D eigenvalue weighted by molar-refractivity contribution is 7.20. The summed E-state index contributed by atoms with van der Waals surface area (Å²) < 4.78 is 3.90. The molecule has 0 fully saturated rings. The van der Waals surface area contributed by atoms with Gasteiger partial charge in [-0.2, -0.15) is 0 Å². The average molecular weight is 652 g/mol. The maximum absolute atomic E-state index is 2.50. The first-order chi connectivity index (χ1) is 23.9. The number of aromatic nitrogens is 1. The first-order valence-corrected chi connectivity index (χ1v) is 18.3. The van der Waals surface area contributed by atoms with Gasteiger partial charge in [0.15, 0.2) is 0 Å². The van der Waals surface area contributed by atoms with Crippen molar-refractivity contribution in [3.63, 3.8) is 0 Å². The summed E-state index contributed by atoms with van der Waals surface area (Å²) in [5.41, 5.74) is 15.4. The van der Waals surface area contributed by atoms with Gasteiger partial charge in [-0.3, -0.25) is 0 Å². The number of aryl methyl sites for hydroxylation is 1. The molecule has 0 saturated heterocycles. The van der Waals surface area contributed by atoms with E-state index in [0.29, 0.717) is 0 Å². The van der Waals surface area contributed by atoms with Gasteiger partial charge in [-0.15, -0.1) is 11.3 Å². The Morgan fingerprint density at radius 2 is 1.16 bits per heavy atom. The fourth-order valence-corrected chi connectivity index (χ4v) is 9.21. The minimum Gasteiger partial charge on any atom is -0.309 e. The molecule has 240 valence electrons. The normalized spacial score (nSPS) is 13.2. The fraction of sp³-hybridized carbons (Fsp3) is 0.149. The van der Waals surface area contributed by atoms with Crippen LogP contribution in [0.2, 0.25) is 0 Å². The molecular formula is C47H41NS. The van der Waals surface area contributed by atoms with E-state index in [1.807, 2.05) is 25.2 Å². The molecule has 0 radical (unpaired) electrons. The molecule has 0 bridgehead atoms. The molecule has 1 aliphatic rings. The lowest BCUT2D eigenvalue weighted by Gasteiger charge is -2.22. The number of nitrogens with zero attached hydrogens (tertiary/aromatic N) is 1. The number of allylic oxidation sites excluding steroid dienone is 1. The lowest BCUT2D eigenvalue weighted by Crippen LogP contribution is -2.15. The molecule has 2 heteroatoms. The monoisotopic (exact) mass is 651 g/mol. The quantitative estimate of drug-likeness (QED) is 0.178. The highest BCUT2D eigenvalue weighted by Gasteiger charge is 2.37. The summed E-state index contributed by atoms with van der Waals surface area (Å²) in [6.45, 7) is 13.2. The van der Waals surface area contributed by atoms with Crippen LogP contribution in [-0.4, -0.2) is 4.57 Å². The number of fused-ring (bicyclic) bond motifs is 8. The van der Waals surface area contributed by atoms with Crippen LogP contribution in [0, 0.1) is 6.92 Å². The smallest absolute Gasteiger partial charge is 0.0547 e. The Morgan fingerprint density at radius 3 is 1.73 bits per heavy atom. The van der Waals surface area contributed by atoms with E-state index < -0.39 is 0 Å². The standard InChI is InChI=1S/C45H35NS.C2H6/c1-5-12-42-28(2)34-23-24-38-43(44(34)47-42)37-22-19-33(27-39(37)45(38,3)4)46-40-25-31(29-13-8-6-9-14-29)17-20-35(40)36-21-18-32(26-41(36)46)30-15-10-7-11-16-30;1-2/h5-27H,1-4H3;1-2H3/b12-5-;.